The molecule has 0 saturated heterocycles. The van der Waals surface area contributed by atoms with Crippen LogP contribution in [0.15, 0.2) is 27.5 Å². The standard InChI is InChI=1S/C19H19ClN2O4/c1-9-15-17(21-26-9)16-11(20)5-4-6-12(16)22(18(15)25)13-7-10(8-14(23)24)19(13,2)3/h4-6,10,13H,7-8H2,1-3H3,(H,23,24). The van der Waals surface area contributed by atoms with Gasteiger partial charge in [-0.05, 0) is 36.8 Å². The summed E-state index contributed by atoms with van der Waals surface area (Å²) in [5.74, 6) is -0.336. The number of carboxylic acids is 1. The predicted octanol–water partition coefficient (Wildman–Crippen LogP) is 4.17. The molecule has 3 aromatic rings. The van der Waals surface area contributed by atoms with Gasteiger partial charge in [0.15, 0.2) is 0 Å². The number of aryl methyl sites for hydroxylation is 1. The zero-order chi connectivity index (χ0) is 18.8. The van der Waals surface area contributed by atoms with Crippen LogP contribution in [0.2, 0.25) is 5.02 Å². The van der Waals surface area contributed by atoms with E-state index in [1.54, 1.807) is 23.6 Å². The summed E-state index contributed by atoms with van der Waals surface area (Å²) in [7, 11) is 0. The van der Waals surface area contributed by atoms with Gasteiger partial charge in [-0.3, -0.25) is 9.59 Å². The van der Waals surface area contributed by atoms with Crippen molar-refractivity contribution in [1.82, 2.24) is 9.72 Å². The summed E-state index contributed by atoms with van der Waals surface area (Å²) < 4.78 is 7.03. The van der Waals surface area contributed by atoms with Crippen molar-refractivity contribution >= 4 is 39.4 Å². The predicted molar refractivity (Wildman–Crippen MR) is 98.7 cm³/mol. The fourth-order valence-electron chi connectivity index (χ4n) is 4.27. The van der Waals surface area contributed by atoms with E-state index in [9.17, 15) is 9.59 Å². The van der Waals surface area contributed by atoms with Crippen LogP contribution in [0.5, 0.6) is 0 Å². The second kappa shape index (κ2) is 5.58. The first-order chi connectivity index (χ1) is 12.2. The summed E-state index contributed by atoms with van der Waals surface area (Å²) in [6.45, 7) is 5.74. The molecule has 2 unspecified atom stereocenters. The maximum Gasteiger partial charge on any atom is 0.303 e. The first-order valence-electron chi connectivity index (χ1n) is 8.54. The van der Waals surface area contributed by atoms with Gasteiger partial charge in [-0.1, -0.05) is 36.7 Å². The first kappa shape index (κ1) is 17.1. The lowest BCUT2D eigenvalue weighted by atomic mass is 9.57. The minimum Gasteiger partial charge on any atom is -0.481 e. The lowest BCUT2D eigenvalue weighted by Crippen LogP contribution is -2.49. The number of rotatable bonds is 3. The Morgan fingerprint density at radius 2 is 2.15 bits per heavy atom. The Morgan fingerprint density at radius 1 is 1.42 bits per heavy atom. The Balaban J connectivity index is 2.00. The molecule has 1 aliphatic carbocycles. The molecule has 1 N–H and O–H groups in total. The number of carbonyl (C=O) groups is 1. The maximum atomic E-state index is 13.3. The Bertz CT molecular complexity index is 1110. The molecular formula is C19H19ClN2O4. The lowest BCUT2D eigenvalue weighted by molar-refractivity contribution is -0.142. The van der Waals surface area contributed by atoms with Crippen LogP contribution in [-0.4, -0.2) is 20.8 Å². The van der Waals surface area contributed by atoms with Gasteiger partial charge in [0.25, 0.3) is 5.56 Å². The number of carboxylic acid groups (broad SMARTS) is 1. The highest BCUT2D eigenvalue weighted by Gasteiger charge is 2.50. The maximum absolute atomic E-state index is 13.3. The molecule has 26 heavy (non-hydrogen) atoms. The minimum absolute atomic E-state index is 0.0189. The highest BCUT2D eigenvalue weighted by atomic mass is 35.5. The monoisotopic (exact) mass is 374 g/mol. The van der Waals surface area contributed by atoms with Crippen molar-refractivity contribution in [2.24, 2.45) is 11.3 Å². The highest BCUT2D eigenvalue weighted by Crippen LogP contribution is 2.56. The second-order valence-electron chi connectivity index (χ2n) is 7.64. The van der Waals surface area contributed by atoms with Gasteiger partial charge < -0.3 is 14.2 Å². The summed E-state index contributed by atoms with van der Waals surface area (Å²) in [4.78, 5) is 24.4. The molecule has 0 radical (unpaired) electrons. The quantitative estimate of drug-likeness (QED) is 0.743. The number of aliphatic carboxylic acids is 1. The van der Waals surface area contributed by atoms with Gasteiger partial charge in [0, 0.05) is 17.8 Å². The van der Waals surface area contributed by atoms with Gasteiger partial charge in [-0.2, -0.15) is 0 Å². The average Bonchev–Trinajstić information content (AvgIpc) is 2.95. The summed E-state index contributed by atoms with van der Waals surface area (Å²) in [5, 5.41) is 14.8. The van der Waals surface area contributed by atoms with Crippen LogP contribution in [0.1, 0.15) is 38.5 Å². The fraction of sp³-hybridized carbons (Fsp3) is 0.421. The number of aromatic nitrogens is 2. The molecule has 7 heteroatoms. The number of nitrogens with zero attached hydrogens (tertiary/aromatic N) is 2. The van der Waals surface area contributed by atoms with E-state index in [1.807, 2.05) is 19.9 Å². The second-order valence-corrected chi connectivity index (χ2v) is 8.05. The molecule has 4 rings (SSSR count). The number of hydrogen-bond acceptors (Lipinski definition) is 4. The molecule has 1 aliphatic rings. The number of pyridine rings is 1. The van der Waals surface area contributed by atoms with Crippen LogP contribution in [0, 0.1) is 18.3 Å². The third kappa shape index (κ3) is 2.21. The molecule has 2 atom stereocenters. The topological polar surface area (TPSA) is 85.3 Å². The summed E-state index contributed by atoms with van der Waals surface area (Å²) in [6.07, 6.45) is 0.738. The smallest absolute Gasteiger partial charge is 0.303 e. The van der Waals surface area contributed by atoms with Crippen LogP contribution in [0.4, 0.5) is 0 Å². The molecule has 1 fully saturated rings. The van der Waals surface area contributed by atoms with Crippen molar-refractivity contribution in [1.29, 1.82) is 0 Å². The molecule has 0 spiro atoms. The van der Waals surface area contributed by atoms with E-state index < -0.39 is 5.97 Å². The van der Waals surface area contributed by atoms with Crippen molar-refractivity contribution in [3.63, 3.8) is 0 Å². The van der Waals surface area contributed by atoms with Crippen molar-refractivity contribution in [3.05, 3.63) is 39.3 Å². The molecular weight excluding hydrogens is 356 g/mol. The third-order valence-corrected chi connectivity index (χ3v) is 6.25. The van der Waals surface area contributed by atoms with Gasteiger partial charge >= 0.3 is 5.97 Å². The fourth-order valence-corrected chi connectivity index (χ4v) is 4.52. The SMILES string of the molecule is Cc1onc2c1c(=O)n(C1CC(CC(=O)O)C1(C)C)c1cccc(Cl)c21. The molecule has 2 heterocycles. The number of benzene rings is 1. The Labute approximate surface area is 154 Å². The molecule has 2 aromatic heterocycles. The number of fused-ring (bicyclic) bond motifs is 3. The molecule has 0 bridgehead atoms. The Morgan fingerprint density at radius 3 is 2.81 bits per heavy atom. The summed E-state index contributed by atoms with van der Waals surface area (Å²) in [5.41, 5.74) is 0.690. The van der Waals surface area contributed by atoms with Crippen molar-refractivity contribution < 1.29 is 14.4 Å². The molecule has 1 saturated carbocycles. The van der Waals surface area contributed by atoms with Crippen LogP contribution < -0.4 is 5.56 Å². The number of halogens is 1. The lowest BCUT2D eigenvalue weighted by Gasteiger charge is -2.52. The zero-order valence-corrected chi connectivity index (χ0v) is 15.5. The van der Waals surface area contributed by atoms with Gasteiger partial charge in [0.2, 0.25) is 0 Å². The first-order valence-corrected chi connectivity index (χ1v) is 8.91. The van der Waals surface area contributed by atoms with Crippen LogP contribution in [-0.2, 0) is 4.79 Å². The van der Waals surface area contributed by atoms with E-state index in [-0.39, 0.29) is 29.4 Å². The van der Waals surface area contributed by atoms with Crippen molar-refractivity contribution in [3.8, 4) is 0 Å². The van der Waals surface area contributed by atoms with Crippen molar-refractivity contribution in [2.75, 3.05) is 0 Å². The Kier molecular flexibility index (Phi) is 3.67. The molecule has 6 nitrogen and oxygen atoms in total. The van der Waals surface area contributed by atoms with Crippen LogP contribution in [0.25, 0.3) is 21.8 Å². The van der Waals surface area contributed by atoms with Crippen LogP contribution in [0.3, 0.4) is 0 Å². The Hall–Kier alpha value is -2.34. The van der Waals surface area contributed by atoms with E-state index in [1.165, 1.54) is 0 Å². The van der Waals surface area contributed by atoms with Gasteiger partial charge in [-0.25, -0.2) is 0 Å². The van der Waals surface area contributed by atoms with Gasteiger partial charge in [0.05, 0.1) is 10.5 Å². The van der Waals surface area contributed by atoms with E-state index in [4.69, 9.17) is 21.2 Å². The van der Waals surface area contributed by atoms with Crippen molar-refractivity contribution in [2.45, 2.75) is 39.7 Å². The highest BCUT2D eigenvalue weighted by molar-refractivity contribution is 6.37. The molecule has 136 valence electrons. The van der Waals surface area contributed by atoms with E-state index in [0.717, 1.165) is 0 Å². The molecule has 0 amide bonds. The summed E-state index contributed by atoms with van der Waals surface area (Å²) in [6, 6.07) is 5.31. The van der Waals surface area contributed by atoms with Crippen LogP contribution >= 0.6 is 11.6 Å². The normalized spacial score (nSPS) is 21.8. The number of hydrogen-bond donors (Lipinski definition) is 1. The average molecular weight is 375 g/mol. The van der Waals surface area contributed by atoms with E-state index in [2.05, 4.69) is 5.16 Å². The minimum atomic E-state index is -0.813. The molecule has 1 aromatic carbocycles. The molecule has 0 aliphatic heterocycles. The van der Waals surface area contributed by atoms with Gasteiger partial charge in [0.1, 0.15) is 16.7 Å². The van der Waals surface area contributed by atoms with E-state index in [0.29, 0.717) is 39.0 Å². The third-order valence-electron chi connectivity index (χ3n) is 5.93. The largest absolute Gasteiger partial charge is 0.481 e. The summed E-state index contributed by atoms with van der Waals surface area (Å²) >= 11 is 6.43. The zero-order valence-electron chi connectivity index (χ0n) is 14.7. The van der Waals surface area contributed by atoms with E-state index >= 15 is 0 Å². The van der Waals surface area contributed by atoms with Gasteiger partial charge in [-0.15, -0.1) is 0 Å².